The van der Waals surface area contributed by atoms with E-state index in [0.29, 0.717) is 11.3 Å². The molecule has 1 N–H and O–H groups in total. The van der Waals surface area contributed by atoms with Gasteiger partial charge in [-0.05, 0) is 6.07 Å². The van der Waals surface area contributed by atoms with Gasteiger partial charge in [-0.1, -0.05) is 12.1 Å². The van der Waals surface area contributed by atoms with Gasteiger partial charge in [0.15, 0.2) is 5.82 Å². The van der Waals surface area contributed by atoms with Gasteiger partial charge >= 0.3 is 0 Å². The van der Waals surface area contributed by atoms with E-state index in [1.807, 2.05) is 0 Å². The Morgan fingerprint density at radius 2 is 2.17 bits per heavy atom. The van der Waals surface area contributed by atoms with Crippen molar-refractivity contribution in [2.45, 2.75) is 5.88 Å². The highest BCUT2D eigenvalue weighted by molar-refractivity contribution is 6.17. The minimum atomic E-state index is -0.259. The molecule has 0 aliphatic carbocycles. The summed E-state index contributed by atoms with van der Waals surface area (Å²) in [6.45, 7) is 0. The van der Waals surface area contributed by atoms with Crippen LogP contribution in [0.2, 0.25) is 0 Å². The molecule has 0 radical (unpaired) electrons. The summed E-state index contributed by atoms with van der Waals surface area (Å²) in [6, 6.07) is 5.11. The van der Waals surface area contributed by atoms with Crippen LogP contribution in [0.3, 0.4) is 0 Å². The van der Waals surface area contributed by atoms with Crippen LogP contribution in [0.1, 0.15) is 5.56 Å². The van der Waals surface area contributed by atoms with Crippen LogP contribution in [-0.2, 0) is 5.88 Å². The summed E-state index contributed by atoms with van der Waals surface area (Å²) in [5.41, 5.74) is 1.02. The van der Waals surface area contributed by atoms with Crippen molar-refractivity contribution in [3.63, 3.8) is 0 Å². The van der Waals surface area contributed by atoms with E-state index in [1.54, 1.807) is 25.2 Å². The summed E-state index contributed by atoms with van der Waals surface area (Å²) >= 11 is 5.49. The highest BCUT2D eigenvalue weighted by Gasteiger charge is 2.03. The van der Waals surface area contributed by atoms with Crippen LogP contribution >= 0.6 is 24.0 Å². The number of hydrogen-bond acceptors (Lipinski definition) is 1. The molecule has 1 aromatic carbocycles. The molecule has 0 aliphatic heterocycles. The predicted octanol–water partition coefficient (Wildman–Crippen LogP) is 3.03. The molecule has 0 spiro atoms. The molecule has 0 aromatic heterocycles. The van der Waals surface area contributed by atoms with E-state index < -0.39 is 0 Å². The zero-order valence-corrected chi connectivity index (χ0v) is 8.18. The molecule has 4 heteroatoms. The fourth-order valence-corrected chi connectivity index (χ4v) is 1.08. The Hall–Kier alpha value is -0.470. The molecular formula is C8H10Cl2FN. The summed E-state index contributed by atoms with van der Waals surface area (Å²) in [5.74, 6) is -0.0496. The maximum Gasteiger partial charge on any atom is 0.150 e. The van der Waals surface area contributed by atoms with Gasteiger partial charge in [0.25, 0.3) is 0 Å². The van der Waals surface area contributed by atoms with Gasteiger partial charge in [-0.3, -0.25) is 0 Å². The van der Waals surface area contributed by atoms with Crippen molar-refractivity contribution in [3.05, 3.63) is 29.6 Å². The van der Waals surface area contributed by atoms with Crippen LogP contribution in [0, 0.1) is 5.82 Å². The smallest absolute Gasteiger partial charge is 0.150 e. The molecule has 12 heavy (non-hydrogen) atoms. The lowest BCUT2D eigenvalue weighted by atomic mass is 10.2. The van der Waals surface area contributed by atoms with E-state index >= 15 is 0 Å². The molecule has 0 saturated heterocycles. The first-order chi connectivity index (χ1) is 5.29. The van der Waals surface area contributed by atoms with E-state index in [4.69, 9.17) is 11.6 Å². The van der Waals surface area contributed by atoms with E-state index in [0.717, 1.165) is 0 Å². The van der Waals surface area contributed by atoms with Crippen LogP contribution in [0.4, 0.5) is 10.1 Å². The van der Waals surface area contributed by atoms with Gasteiger partial charge in [-0.2, -0.15) is 0 Å². The molecule has 0 bridgehead atoms. The monoisotopic (exact) mass is 209 g/mol. The second-order valence-corrected chi connectivity index (χ2v) is 2.43. The topological polar surface area (TPSA) is 12.0 Å². The molecule has 1 rings (SSSR count). The average molecular weight is 210 g/mol. The van der Waals surface area contributed by atoms with E-state index in [1.165, 1.54) is 0 Å². The Labute approximate surface area is 82.3 Å². The maximum atomic E-state index is 13.1. The van der Waals surface area contributed by atoms with Crippen molar-refractivity contribution >= 4 is 29.7 Å². The molecule has 1 nitrogen and oxygen atoms in total. The third-order valence-electron chi connectivity index (χ3n) is 1.49. The van der Waals surface area contributed by atoms with E-state index in [2.05, 4.69) is 5.32 Å². The lowest BCUT2D eigenvalue weighted by molar-refractivity contribution is 0.620. The summed E-state index contributed by atoms with van der Waals surface area (Å²) in [4.78, 5) is 0. The first kappa shape index (κ1) is 11.5. The zero-order chi connectivity index (χ0) is 8.27. The largest absolute Gasteiger partial charge is 0.386 e. The average Bonchev–Trinajstić information content (AvgIpc) is 2.05. The molecule has 0 saturated carbocycles. The van der Waals surface area contributed by atoms with Gasteiger partial charge in [0.05, 0.1) is 11.6 Å². The minimum absolute atomic E-state index is 0. The normalized spacial score (nSPS) is 8.92. The maximum absolute atomic E-state index is 13.1. The quantitative estimate of drug-likeness (QED) is 0.739. The highest BCUT2D eigenvalue weighted by Crippen LogP contribution is 2.18. The Morgan fingerprint density at radius 3 is 2.67 bits per heavy atom. The first-order valence-electron chi connectivity index (χ1n) is 3.30. The molecular weight excluding hydrogens is 200 g/mol. The van der Waals surface area contributed by atoms with Crippen molar-refractivity contribution in [1.82, 2.24) is 0 Å². The van der Waals surface area contributed by atoms with Gasteiger partial charge in [0, 0.05) is 12.6 Å². The summed E-state index contributed by atoms with van der Waals surface area (Å²) in [6.07, 6.45) is 0. The fraction of sp³-hybridized carbons (Fsp3) is 0.250. The molecule has 0 unspecified atom stereocenters. The van der Waals surface area contributed by atoms with Gasteiger partial charge in [-0.15, -0.1) is 24.0 Å². The third kappa shape index (κ3) is 2.26. The lowest BCUT2D eigenvalue weighted by Gasteiger charge is -2.04. The van der Waals surface area contributed by atoms with E-state index in [9.17, 15) is 4.39 Å². The van der Waals surface area contributed by atoms with Crippen molar-refractivity contribution in [2.24, 2.45) is 0 Å². The molecule has 0 aliphatic rings. The molecule has 1 aromatic rings. The van der Waals surface area contributed by atoms with Crippen LogP contribution in [0.25, 0.3) is 0 Å². The summed E-state index contributed by atoms with van der Waals surface area (Å²) in [7, 11) is 1.68. The SMILES string of the molecule is CNc1cccc(CCl)c1F.Cl. The van der Waals surface area contributed by atoms with Crippen molar-refractivity contribution in [1.29, 1.82) is 0 Å². The number of benzene rings is 1. The lowest BCUT2D eigenvalue weighted by Crippen LogP contribution is -1.95. The molecule has 0 amide bonds. The molecule has 0 fully saturated rings. The van der Waals surface area contributed by atoms with Crippen LogP contribution in [-0.4, -0.2) is 7.05 Å². The van der Waals surface area contributed by atoms with Gasteiger partial charge in [-0.25, -0.2) is 4.39 Å². The zero-order valence-electron chi connectivity index (χ0n) is 6.60. The number of halogens is 3. The van der Waals surface area contributed by atoms with Gasteiger partial charge in [0.2, 0.25) is 0 Å². The van der Waals surface area contributed by atoms with Crippen molar-refractivity contribution < 1.29 is 4.39 Å². The number of nitrogens with one attached hydrogen (secondary N) is 1. The molecule has 0 heterocycles. The number of hydrogen-bond donors (Lipinski definition) is 1. The second kappa shape index (κ2) is 5.22. The predicted molar refractivity (Wildman–Crippen MR) is 52.8 cm³/mol. The van der Waals surface area contributed by atoms with Gasteiger partial charge in [0.1, 0.15) is 0 Å². The summed E-state index contributed by atoms with van der Waals surface area (Å²) in [5, 5.41) is 2.74. The van der Waals surface area contributed by atoms with Crippen molar-refractivity contribution in [3.8, 4) is 0 Å². The molecule has 68 valence electrons. The van der Waals surface area contributed by atoms with Gasteiger partial charge < -0.3 is 5.32 Å². The van der Waals surface area contributed by atoms with Crippen LogP contribution < -0.4 is 5.32 Å². The van der Waals surface area contributed by atoms with Crippen LogP contribution in [0.5, 0.6) is 0 Å². The number of alkyl halides is 1. The summed E-state index contributed by atoms with van der Waals surface area (Å²) < 4.78 is 13.1. The third-order valence-corrected chi connectivity index (χ3v) is 1.78. The van der Waals surface area contributed by atoms with Crippen LogP contribution in [0.15, 0.2) is 18.2 Å². The number of anilines is 1. The number of rotatable bonds is 2. The second-order valence-electron chi connectivity index (χ2n) is 2.16. The first-order valence-corrected chi connectivity index (χ1v) is 3.84. The Balaban J connectivity index is 0.00000121. The van der Waals surface area contributed by atoms with E-state index in [-0.39, 0.29) is 24.1 Å². The highest BCUT2D eigenvalue weighted by atomic mass is 35.5. The Morgan fingerprint density at radius 1 is 1.50 bits per heavy atom. The Bertz CT molecular complexity index is 231. The van der Waals surface area contributed by atoms with Crippen molar-refractivity contribution in [2.75, 3.05) is 12.4 Å². The Kier molecular flexibility index (Phi) is 5.02. The fourth-order valence-electron chi connectivity index (χ4n) is 0.876. The minimum Gasteiger partial charge on any atom is -0.386 e. The molecule has 0 atom stereocenters. The standard InChI is InChI=1S/C8H9ClFN.ClH/c1-11-7-4-2-3-6(5-9)8(7)10;/h2-4,11H,5H2,1H3;1H.